The highest BCUT2D eigenvalue weighted by molar-refractivity contribution is 7.89. The summed E-state index contributed by atoms with van der Waals surface area (Å²) >= 11 is 0. The molecule has 4 bridgehead atoms. The molecular formula is C23H30N2O4S. The SMILES string of the molecule is NC(=O)C12CC3CC(C1)C(CC(=O)C1(NS(=O)(=O)c4ccccc4)CCC1)C(C3)C2. The third-order valence-corrected chi connectivity index (χ3v) is 10.1. The van der Waals surface area contributed by atoms with Crippen LogP contribution in [-0.2, 0) is 19.6 Å². The Bertz CT molecular complexity index is 954. The number of primary amides is 1. The highest BCUT2D eigenvalue weighted by atomic mass is 32.2. The lowest BCUT2D eigenvalue weighted by molar-refractivity contribution is -0.152. The Balaban J connectivity index is 1.33. The predicted octanol–water partition coefficient (Wildman–Crippen LogP) is 2.77. The van der Waals surface area contributed by atoms with E-state index in [4.69, 9.17) is 5.73 Å². The summed E-state index contributed by atoms with van der Waals surface area (Å²) in [5, 5.41) is 0. The van der Waals surface area contributed by atoms with E-state index in [1.165, 1.54) is 0 Å². The lowest BCUT2D eigenvalue weighted by atomic mass is 9.45. The minimum absolute atomic E-state index is 0.0267. The lowest BCUT2D eigenvalue weighted by Crippen LogP contribution is -2.61. The molecule has 0 heterocycles. The maximum absolute atomic E-state index is 13.4. The molecule has 5 fully saturated rings. The smallest absolute Gasteiger partial charge is 0.241 e. The summed E-state index contributed by atoms with van der Waals surface area (Å²) < 4.78 is 28.5. The lowest BCUT2D eigenvalue weighted by Gasteiger charge is -2.59. The van der Waals surface area contributed by atoms with Crippen LogP contribution >= 0.6 is 0 Å². The van der Waals surface area contributed by atoms with Gasteiger partial charge in [0.25, 0.3) is 0 Å². The standard InChI is InChI=1S/C23H30N2O4S/c24-21(27)22-12-15-9-16(13-22)19(17(10-15)14-22)11-20(26)23(7-4-8-23)25-30(28,29)18-5-2-1-3-6-18/h1-3,5-6,15-17,19,25H,4,7-14H2,(H2,24,27). The van der Waals surface area contributed by atoms with Crippen molar-refractivity contribution in [3.8, 4) is 0 Å². The van der Waals surface area contributed by atoms with E-state index in [0.29, 0.717) is 37.0 Å². The number of ketones is 1. The summed E-state index contributed by atoms with van der Waals surface area (Å²) in [4.78, 5) is 25.8. The van der Waals surface area contributed by atoms with E-state index < -0.39 is 15.6 Å². The normalized spacial score (nSPS) is 36.3. The number of amides is 1. The molecule has 5 aliphatic rings. The van der Waals surface area contributed by atoms with Crippen molar-refractivity contribution in [2.24, 2.45) is 34.8 Å². The van der Waals surface area contributed by atoms with Crippen molar-refractivity contribution >= 4 is 21.7 Å². The molecule has 0 radical (unpaired) electrons. The van der Waals surface area contributed by atoms with Crippen LogP contribution in [0.1, 0.15) is 57.8 Å². The molecule has 0 aromatic heterocycles. The summed E-state index contributed by atoms with van der Waals surface area (Å²) in [5.74, 6) is 1.37. The highest BCUT2D eigenvalue weighted by Gasteiger charge is 2.59. The largest absolute Gasteiger partial charge is 0.369 e. The van der Waals surface area contributed by atoms with Gasteiger partial charge in [-0.1, -0.05) is 18.2 Å². The molecule has 1 aromatic carbocycles. The van der Waals surface area contributed by atoms with E-state index in [9.17, 15) is 18.0 Å². The Kier molecular flexibility index (Phi) is 4.64. The molecule has 162 valence electrons. The number of nitrogens with one attached hydrogen (secondary N) is 1. The highest BCUT2D eigenvalue weighted by Crippen LogP contribution is 2.63. The number of sulfonamides is 1. The number of benzene rings is 1. The van der Waals surface area contributed by atoms with Crippen LogP contribution in [0, 0.1) is 29.1 Å². The minimum Gasteiger partial charge on any atom is -0.369 e. The third-order valence-electron chi connectivity index (χ3n) is 8.54. The third kappa shape index (κ3) is 3.12. The molecule has 0 saturated heterocycles. The van der Waals surface area contributed by atoms with E-state index >= 15 is 0 Å². The molecule has 1 aromatic rings. The summed E-state index contributed by atoms with van der Waals surface area (Å²) in [6.07, 6.45) is 7.06. The number of hydrogen-bond acceptors (Lipinski definition) is 4. The van der Waals surface area contributed by atoms with Gasteiger partial charge in [-0.25, -0.2) is 8.42 Å². The predicted molar refractivity (Wildman–Crippen MR) is 112 cm³/mol. The maximum Gasteiger partial charge on any atom is 0.241 e. The Morgan fingerprint density at radius 2 is 1.67 bits per heavy atom. The first-order valence-electron chi connectivity index (χ1n) is 11.2. The Labute approximate surface area is 178 Å². The van der Waals surface area contributed by atoms with Crippen molar-refractivity contribution in [3.05, 3.63) is 30.3 Å². The first kappa shape index (κ1) is 20.2. The Morgan fingerprint density at radius 3 is 2.20 bits per heavy atom. The van der Waals surface area contributed by atoms with Crippen LogP contribution in [0.4, 0.5) is 0 Å². The van der Waals surface area contributed by atoms with Crippen molar-refractivity contribution in [2.75, 3.05) is 0 Å². The first-order chi connectivity index (χ1) is 14.2. The number of rotatable bonds is 7. The van der Waals surface area contributed by atoms with Crippen molar-refractivity contribution in [2.45, 2.75) is 68.2 Å². The van der Waals surface area contributed by atoms with Crippen LogP contribution < -0.4 is 10.5 Å². The number of Topliss-reactive ketones (excluding diaryl/α,β-unsaturated/α-hetero) is 1. The maximum atomic E-state index is 13.4. The van der Waals surface area contributed by atoms with Crippen molar-refractivity contribution in [3.63, 3.8) is 0 Å². The summed E-state index contributed by atoms with van der Waals surface area (Å²) in [5.41, 5.74) is 4.45. The fourth-order valence-corrected chi connectivity index (χ4v) is 8.52. The minimum atomic E-state index is -3.74. The average Bonchev–Trinajstić information content (AvgIpc) is 2.67. The van der Waals surface area contributed by atoms with Gasteiger partial charge >= 0.3 is 0 Å². The van der Waals surface area contributed by atoms with E-state index in [2.05, 4.69) is 4.72 Å². The molecule has 0 aliphatic heterocycles. The van der Waals surface area contributed by atoms with Gasteiger partial charge in [-0.3, -0.25) is 9.59 Å². The first-order valence-corrected chi connectivity index (χ1v) is 12.6. The molecule has 5 saturated carbocycles. The van der Waals surface area contributed by atoms with Gasteiger partial charge in [0.15, 0.2) is 5.78 Å². The zero-order valence-electron chi connectivity index (χ0n) is 17.2. The quantitative estimate of drug-likeness (QED) is 0.694. The molecule has 3 N–H and O–H groups in total. The molecule has 5 aliphatic carbocycles. The molecule has 2 atom stereocenters. The molecule has 2 unspecified atom stereocenters. The summed E-state index contributed by atoms with van der Waals surface area (Å²) in [7, 11) is -3.74. The van der Waals surface area contributed by atoms with Gasteiger partial charge in [0.05, 0.1) is 10.4 Å². The van der Waals surface area contributed by atoms with Gasteiger partial charge in [-0.05, 0) is 87.2 Å². The van der Waals surface area contributed by atoms with Gasteiger partial charge in [0.2, 0.25) is 15.9 Å². The molecule has 6 rings (SSSR count). The molecule has 7 heteroatoms. The Morgan fingerprint density at radius 1 is 1.03 bits per heavy atom. The van der Waals surface area contributed by atoms with Gasteiger partial charge in [-0.2, -0.15) is 4.72 Å². The number of carbonyl (C=O) groups excluding carboxylic acids is 2. The second-order valence-electron chi connectivity index (χ2n) is 10.3. The second kappa shape index (κ2) is 6.89. The van der Waals surface area contributed by atoms with Crippen LogP contribution in [0.15, 0.2) is 35.2 Å². The number of hydrogen-bond donors (Lipinski definition) is 2. The zero-order chi connectivity index (χ0) is 21.1. The summed E-state index contributed by atoms with van der Waals surface area (Å²) in [6.45, 7) is 0. The van der Waals surface area contributed by atoms with E-state index in [-0.39, 0.29) is 27.9 Å². The van der Waals surface area contributed by atoms with E-state index in [1.807, 2.05) is 0 Å². The van der Waals surface area contributed by atoms with Gasteiger partial charge in [0, 0.05) is 11.8 Å². The second-order valence-corrected chi connectivity index (χ2v) is 11.9. The molecule has 1 amide bonds. The average molecular weight is 431 g/mol. The summed E-state index contributed by atoms with van der Waals surface area (Å²) in [6, 6.07) is 8.26. The monoisotopic (exact) mass is 430 g/mol. The van der Waals surface area contributed by atoms with Gasteiger partial charge in [0.1, 0.15) is 0 Å². The van der Waals surface area contributed by atoms with Gasteiger partial charge in [-0.15, -0.1) is 0 Å². The van der Waals surface area contributed by atoms with Crippen LogP contribution in [0.25, 0.3) is 0 Å². The number of carbonyl (C=O) groups is 2. The number of nitrogens with two attached hydrogens (primary N) is 1. The van der Waals surface area contributed by atoms with Crippen molar-refractivity contribution in [1.29, 1.82) is 0 Å². The van der Waals surface area contributed by atoms with E-state index in [1.54, 1.807) is 30.3 Å². The molecular weight excluding hydrogens is 400 g/mol. The molecule has 30 heavy (non-hydrogen) atoms. The van der Waals surface area contributed by atoms with Crippen LogP contribution in [-0.4, -0.2) is 25.6 Å². The van der Waals surface area contributed by atoms with Crippen LogP contribution in [0.5, 0.6) is 0 Å². The zero-order valence-corrected chi connectivity index (χ0v) is 18.0. The fourth-order valence-electron chi connectivity index (χ4n) is 7.06. The Hall–Kier alpha value is -1.73. The molecule has 6 nitrogen and oxygen atoms in total. The van der Waals surface area contributed by atoms with Gasteiger partial charge < -0.3 is 5.73 Å². The fraction of sp³-hybridized carbons (Fsp3) is 0.652. The van der Waals surface area contributed by atoms with Crippen LogP contribution in [0.3, 0.4) is 0 Å². The van der Waals surface area contributed by atoms with Crippen LogP contribution in [0.2, 0.25) is 0 Å². The topological polar surface area (TPSA) is 106 Å². The van der Waals surface area contributed by atoms with Crippen molar-refractivity contribution in [1.82, 2.24) is 4.72 Å². The van der Waals surface area contributed by atoms with Crippen molar-refractivity contribution < 1.29 is 18.0 Å². The molecule has 0 spiro atoms. The van der Waals surface area contributed by atoms with E-state index in [0.717, 1.165) is 38.5 Å².